The molecule has 30 heavy (non-hydrogen) atoms. The number of amides is 1. The zero-order chi connectivity index (χ0) is 21.4. The van der Waals surface area contributed by atoms with Crippen LogP contribution in [0.4, 0.5) is 24.5 Å². The predicted octanol–water partition coefficient (Wildman–Crippen LogP) is 4.62. The number of benzene rings is 2. The summed E-state index contributed by atoms with van der Waals surface area (Å²) < 4.78 is 46.4. The van der Waals surface area contributed by atoms with Crippen LogP contribution in [0, 0.1) is 5.41 Å². The van der Waals surface area contributed by atoms with E-state index in [-0.39, 0.29) is 11.7 Å². The highest BCUT2D eigenvalue weighted by Crippen LogP contribution is 2.45. The highest BCUT2D eigenvalue weighted by atomic mass is 19.4. The van der Waals surface area contributed by atoms with Crippen LogP contribution in [0.2, 0.25) is 0 Å². The second-order valence-corrected chi connectivity index (χ2v) is 7.69. The summed E-state index contributed by atoms with van der Waals surface area (Å²) in [7, 11) is 1.65. The van der Waals surface area contributed by atoms with Crippen LogP contribution >= 0.6 is 0 Å². The molecule has 2 aromatic carbocycles. The third-order valence-corrected chi connectivity index (χ3v) is 6.04. The first-order chi connectivity index (χ1) is 14.3. The molecule has 2 aromatic rings. The number of anilines is 2. The van der Waals surface area contributed by atoms with Gasteiger partial charge in [0.05, 0.1) is 18.2 Å². The van der Waals surface area contributed by atoms with Gasteiger partial charge in [0.15, 0.2) is 0 Å². The van der Waals surface area contributed by atoms with Gasteiger partial charge in [0, 0.05) is 25.3 Å². The largest absolute Gasteiger partial charge is 0.573 e. The highest BCUT2D eigenvalue weighted by Gasteiger charge is 2.48. The van der Waals surface area contributed by atoms with Gasteiger partial charge in [-0.2, -0.15) is 0 Å². The molecule has 2 aliphatic heterocycles. The second kappa shape index (κ2) is 7.74. The Bertz CT molecular complexity index is 907. The molecule has 0 aromatic heterocycles. The van der Waals surface area contributed by atoms with E-state index in [0.717, 1.165) is 43.8 Å². The van der Waals surface area contributed by atoms with Gasteiger partial charge in [0.1, 0.15) is 11.5 Å². The number of ether oxygens (including phenoxy) is 2. The second-order valence-electron chi connectivity index (χ2n) is 7.69. The van der Waals surface area contributed by atoms with E-state index in [4.69, 9.17) is 4.74 Å². The molecule has 4 rings (SSSR count). The molecule has 0 saturated carbocycles. The van der Waals surface area contributed by atoms with Crippen LogP contribution < -0.4 is 19.3 Å². The van der Waals surface area contributed by atoms with E-state index in [0.29, 0.717) is 12.2 Å². The lowest BCUT2D eigenvalue weighted by molar-refractivity contribution is -0.274. The molecule has 2 aliphatic rings. The highest BCUT2D eigenvalue weighted by molar-refractivity contribution is 6.00. The quantitative estimate of drug-likeness (QED) is 0.724. The molecule has 1 spiro atoms. The van der Waals surface area contributed by atoms with Gasteiger partial charge >= 0.3 is 6.36 Å². The standard InChI is InChI=1S/C22H23F3N2O3/c1-29-19-5-3-2-4-18(19)26-13-10-21(11-14-26)12-15-27(20(21)28)16-6-8-17(9-7-16)30-22(23,24)25/h2-9H,10-15H2,1H3. The van der Waals surface area contributed by atoms with Crippen molar-refractivity contribution in [1.82, 2.24) is 0 Å². The van der Waals surface area contributed by atoms with Crippen LogP contribution in [-0.4, -0.2) is 39.0 Å². The lowest BCUT2D eigenvalue weighted by Crippen LogP contribution is -2.44. The molecule has 0 unspecified atom stereocenters. The van der Waals surface area contributed by atoms with E-state index < -0.39 is 11.8 Å². The van der Waals surface area contributed by atoms with Gasteiger partial charge in [-0.1, -0.05) is 12.1 Å². The third-order valence-electron chi connectivity index (χ3n) is 6.04. The molecule has 5 nitrogen and oxygen atoms in total. The fourth-order valence-corrected chi connectivity index (χ4v) is 4.43. The maximum absolute atomic E-state index is 13.2. The Kier molecular flexibility index (Phi) is 5.26. The van der Waals surface area contributed by atoms with E-state index in [2.05, 4.69) is 9.64 Å². The molecule has 0 N–H and O–H groups in total. The van der Waals surface area contributed by atoms with E-state index >= 15 is 0 Å². The average Bonchev–Trinajstić information content (AvgIpc) is 3.04. The number of hydrogen-bond donors (Lipinski definition) is 0. The molecule has 0 aliphatic carbocycles. The summed E-state index contributed by atoms with van der Waals surface area (Å²) in [6.45, 7) is 2.06. The van der Waals surface area contributed by atoms with Crippen molar-refractivity contribution in [3.63, 3.8) is 0 Å². The normalized spacial score (nSPS) is 18.7. The molecule has 1 amide bonds. The SMILES string of the molecule is COc1ccccc1N1CCC2(CC1)CCN(c1ccc(OC(F)(F)F)cc1)C2=O. The Labute approximate surface area is 173 Å². The van der Waals surface area contributed by atoms with Crippen LogP contribution in [0.15, 0.2) is 48.5 Å². The predicted molar refractivity (Wildman–Crippen MR) is 107 cm³/mol. The number of piperidine rings is 1. The van der Waals surface area contributed by atoms with Crippen LogP contribution in [0.25, 0.3) is 0 Å². The van der Waals surface area contributed by atoms with E-state index in [1.807, 2.05) is 24.3 Å². The summed E-state index contributed by atoms with van der Waals surface area (Å²) in [6, 6.07) is 13.3. The van der Waals surface area contributed by atoms with Gasteiger partial charge in [-0.25, -0.2) is 0 Å². The van der Waals surface area contributed by atoms with Gasteiger partial charge < -0.3 is 19.3 Å². The molecule has 0 bridgehead atoms. The number of rotatable bonds is 4. The molecule has 160 valence electrons. The van der Waals surface area contributed by atoms with Crippen molar-refractivity contribution in [2.75, 3.05) is 36.5 Å². The Morgan fingerprint density at radius 2 is 1.57 bits per heavy atom. The maximum Gasteiger partial charge on any atom is 0.573 e. The average molecular weight is 420 g/mol. The van der Waals surface area contributed by atoms with Crippen LogP contribution in [0.1, 0.15) is 19.3 Å². The monoisotopic (exact) mass is 420 g/mol. The lowest BCUT2D eigenvalue weighted by Gasteiger charge is -2.39. The van der Waals surface area contributed by atoms with E-state index in [9.17, 15) is 18.0 Å². The van der Waals surface area contributed by atoms with Crippen molar-refractivity contribution in [1.29, 1.82) is 0 Å². The Morgan fingerprint density at radius 1 is 0.933 bits per heavy atom. The number of carbonyl (C=O) groups excluding carboxylic acids is 1. The van der Waals surface area contributed by atoms with Crippen molar-refractivity contribution in [2.45, 2.75) is 25.6 Å². The smallest absolute Gasteiger partial charge is 0.495 e. The van der Waals surface area contributed by atoms with Crippen molar-refractivity contribution >= 4 is 17.3 Å². The Morgan fingerprint density at radius 3 is 2.20 bits per heavy atom. The minimum Gasteiger partial charge on any atom is -0.495 e. The van der Waals surface area contributed by atoms with Crippen LogP contribution in [0.3, 0.4) is 0 Å². The van der Waals surface area contributed by atoms with Gasteiger partial charge in [0.25, 0.3) is 0 Å². The van der Waals surface area contributed by atoms with Gasteiger partial charge in [-0.15, -0.1) is 13.2 Å². The van der Waals surface area contributed by atoms with Crippen molar-refractivity contribution in [3.05, 3.63) is 48.5 Å². The first-order valence-electron chi connectivity index (χ1n) is 9.87. The molecule has 2 fully saturated rings. The Hall–Kier alpha value is -2.90. The van der Waals surface area contributed by atoms with Gasteiger partial charge in [-0.05, 0) is 55.7 Å². The van der Waals surface area contributed by atoms with Gasteiger partial charge in [0.2, 0.25) is 5.91 Å². The summed E-state index contributed by atoms with van der Waals surface area (Å²) in [5.41, 5.74) is 1.20. The van der Waals surface area contributed by atoms with E-state index in [1.54, 1.807) is 12.0 Å². The number of alkyl halides is 3. The summed E-state index contributed by atoms with van der Waals surface area (Å²) in [5, 5.41) is 0. The topological polar surface area (TPSA) is 42.0 Å². The van der Waals surface area contributed by atoms with Crippen molar-refractivity contribution in [3.8, 4) is 11.5 Å². The lowest BCUT2D eigenvalue weighted by atomic mass is 9.77. The van der Waals surface area contributed by atoms with Crippen molar-refractivity contribution < 1.29 is 27.4 Å². The molecule has 2 heterocycles. The molecule has 0 atom stereocenters. The minimum atomic E-state index is -4.73. The molecule has 2 saturated heterocycles. The number of nitrogens with zero attached hydrogens (tertiary/aromatic N) is 2. The van der Waals surface area contributed by atoms with E-state index in [1.165, 1.54) is 24.3 Å². The minimum absolute atomic E-state index is 0.0478. The molecule has 0 radical (unpaired) electrons. The fourth-order valence-electron chi connectivity index (χ4n) is 4.43. The maximum atomic E-state index is 13.2. The first-order valence-corrected chi connectivity index (χ1v) is 9.87. The zero-order valence-electron chi connectivity index (χ0n) is 16.6. The summed E-state index contributed by atoms with van der Waals surface area (Å²) in [6.07, 6.45) is -2.53. The summed E-state index contributed by atoms with van der Waals surface area (Å²) >= 11 is 0. The number of carbonyl (C=O) groups is 1. The van der Waals surface area contributed by atoms with Crippen LogP contribution in [0.5, 0.6) is 11.5 Å². The molecular weight excluding hydrogens is 397 g/mol. The Balaban J connectivity index is 1.44. The van der Waals surface area contributed by atoms with Crippen LogP contribution in [-0.2, 0) is 4.79 Å². The number of para-hydroxylation sites is 2. The molecule has 8 heteroatoms. The fraction of sp³-hybridized carbons (Fsp3) is 0.409. The summed E-state index contributed by atoms with van der Waals surface area (Å²) in [5.74, 6) is 0.568. The third kappa shape index (κ3) is 3.91. The number of methoxy groups -OCH3 is 1. The summed E-state index contributed by atoms with van der Waals surface area (Å²) in [4.78, 5) is 17.2. The number of hydrogen-bond acceptors (Lipinski definition) is 4. The van der Waals surface area contributed by atoms with Gasteiger partial charge in [-0.3, -0.25) is 4.79 Å². The zero-order valence-corrected chi connectivity index (χ0v) is 16.6. The molecular formula is C22H23F3N2O3. The van der Waals surface area contributed by atoms with Crippen molar-refractivity contribution in [2.24, 2.45) is 5.41 Å². The first kappa shape index (κ1) is 20.4. The number of halogens is 3.